The molecule has 0 atom stereocenters. The molecule has 0 aliphatic rings. The molecule has 0 radical (unpaired) electrons. The van der Waals surface area contributed by atoms with Crippen molar-refractivity contribution in [3.63, 3.8) is 0 Å². The van der Waals surface area contributed by atoms with Crippen LogP contribution in [-0.4, -0.2) is 6.08 Å². The largest absolute Gasteiger partial charge is 0.416 e. The predicted octanol–water partition coefficient (Wildman–Crippen LogP) is 3.56. The van der Waals surface area contributed by atoms with Gasteiger partial charge in [0.2, 0.25) is 6.08 Å². The van der Waals surface area contributed by atoms with E-state index in [1.807, 2.05) is 0 Å². The lowest BCUT2D eigenvalue weighted by Crippen LogP contribution is -2.11. The molecule has 1 aromatic rings. The Labute approximate surface area is 96.9 Å². The molecule has 0 spiro atoms. The molecule has 1 rings (SSSR count). The van der Waals surface area contributed by atoms with Gasteiger partial charge in [0.1, 0.15) is 0 Å². The van der Waals surface area contributed by atoms with Crippen LogP contribution in [0.5, 0.6) is 0 Å². The van der Waals surface area contributed by atoms with E-state index in [9.17, 15) is 31.1 Å². The van der Waals surface area contributed by atoms with Crippen molar-refractivity contribution in [1.82, 2.24) is 0 Å². The van der Waals surface area contributed by atoms with Gasteiger partial charge in [0.05, 0.1) is 17.7 Å². The van der Waals surface area contributed by atoms with E-state index in [1.165, 1.54) is 0 Å². The molecule has 0 bridgehead atoms. The van der Waals surface area contributed by atoms with Crippen molar-refractivity contribution in [2.24, 2.45) is 4.99 Å². The topological polar surface area (TPSA) is 29.4 Å². The molecule has 0 unspecified atom stereocenters. The van der Waals surface area contributed by atoms with Crippen LogP contribution in [0.4, 0.5) is 26.3 Å². The van der Waals surface area contributed by atoms with Gasteiger partial charge in [-0.05, 0) is 23.8 Å². The first-order valence-corrected chi connectivity index (χ1v) is 4.46. The molecule has 18 heavy (non-hydrogen) atoms. The van der Waals surface area contributed by atoms with Gasteiger partial charge in [0.15, 0.2) is 0 Å². The minimum Gasteiger partial charge on any atom is -0.211 e. The highest BCUT2D eigenvalue weighted by Gasteiger charge is 2.36. The maximum Gasteiger partial charge on any atom is 0.416 e. The van der Waals surface area contributed by atoms with Crippen molar-refractivity contribution in [2.45, 2.75) is 18.9 Å². The van der Waals surface area contributed by atoms with Crippen molar-refractivity contribution in [2.75, 3.05) is 0 Å². The average Bonchev–Trinajstić information content (AvgIpc) is 2.23. The normalized spacial score (nSPS) is 12.1. The van der Waals surface area contributed by atoms with Gasteiger partial charge in [-0.15, -0.1) is 0 Å². The Hall–Kier alpha value is -1.82. The van der Waals surface area contributed by atoms with Gasteiger partial charge in [-0.1, -0.05) is 0 Å². The smallest absolute Gasteiger partial charge is 0.211 e. The molecule has 0 aliphatic heterocycles. The van der Waals surface area contributed by atoms with E-state index in [4.69, 9.17) is 0 Å². The number of alkyl halides is 6. The quantitative estimate of drug-likeness (QED) is 0.458. The van der Waals surface area contributed by atoms with E-state index in [0.29, 0.717) is 12.1 Å². The molecule has 8 heteroatoms. The third-order valence-electron chi connectivity index (χ3n) is 1.97. The Morgan fingerprint density at radius 2 is 1.39 bits per heavy atom. The Kier molecular flexibility index (Phi) is 3.81. The van der Waals surface area contributed by atoms with Crippen molar-refractivity contribution >= 4 is 6.08 Å². The highest BCUT2D eigenvalue weighted by atomic mass is 19.4. The minimum absolute atomic E-state index is 0.00806. The zero-order valence-electron chi connectivity index (χ0n) is 8.56. The van der Waals surface area contributed by atoms with Crippen LogP contribution < -0.4 is 0 Å². The van der Waals surface area contributed by atoms with E-state index >= 15 is 0 Å². The first-order chi connectivity index (χ1) is 8.14. The van der Waals surface area contributed by atoms with Crippen LogP contribution in [0, 0.1) is 0 Å². The van der Waals surface area contributed by atoms with Gasteiger partial charge >= 0.3 is 12.4 Å². The van der Waals surface area contributed by atoms with Crippen molar-refractivity contribution in [3.8, 4) is 0 Å². The molecule has 0 fully saturated rings. The zero-order valence-corrected chi connectivity index (χ0v) is 8.56. The van der Waals surface area contributed by atoms with Crippen LogP contribution in [-0.2, 0) is 23.7 Å². The van der Waals surface area contributed by atoms with Crippen LogP contribution in [0.3, 0.4) is 0 Å². The number of aliphatic imine (C=N–C) groups is 1. The second kappa shape index (κ2) is 4.81. The number of hydrogen-bond acceptors (Lipinski definition) is 2. The zero-order chi connectivity index (χ0) is 14.0. The summed E-state index contributed by atoms with van der Waals surface area (Å²) >= 11 is 0. The van der Waals surface area contributed by atoms with Crippen molar-refractivity contribution < 1.29 is 31.1 Å². The molecule has 2 nitrogen and oxygen atoms in total. The van der Waals surface area contributed by atoms with E-state index in [2.05, 4.69) is 4.99 Å². The fraction of sp³-hybridized carbons (Fsp3) is 0.300. The summed E-state index contributed by atoms with van der Waals surface area (Å²) in [4.78, 5) is 12.8. The molecule has 0 heterocycles. The number of halogens is 6. The van der Waals surface area contributed by atoms with Crippen LogP contribution in [0.25, 0.3) is 0 Å². The van der Waals surface area contributed by atoms with Crippen molar-refractivity contribution in [1.29, 1.82) is 0 Å². The van der Waals surface area contributed by atoms with E-state index < -0.39 is 30.0 Å². The van der Waals surface area contributed by atoms with Gasteiger partial charge in [-0.25, -0.2) is 9.79 Å². The first kappa shape index (κ1) is 14.2. The number of benzene rings is 1. The fourth-order valence-corrected chi connectivity index (χ4v) is 1.23. The Morgan fingerprint density at radius 3 is 1.72 bits per heavy atom. The average molecular weight is 269 g/mol. The van der Waals surface area contributed by atoms with E-state index in [-0.39, 0.29) is 11.6 Å². The second-order valence-corrected chi connectivity index (χ2v) is 3.32. The summed E-state index contributed by atoms with van der Waals surface area (Å²) in [5.74, 6) is 0. The first-order valence-electron chi connectivity index (χ1n) is 4.46. The lowest BCUT2D eigenvalue weighted by atomic mass is 10.0. The summed E-state index contributed by atoms with van der Waals surface area (Å²) in [6.07, 6.45) is -8.76. The number of rotatable bonds is 2. The molecular formula is C10H5F6NO. The van der Waals surface area contributed by atoms with E-state index in [1.54, 1.807) is 0 Å². The van der Waals surface area contributed by atoms with Gasteiger partial charge in [-0.3, -0.25) is 0 Å². The lowest BCUT2D eigenvalue weighted by Gasteiger charge is -2.13. The fourth-order valence-electron chi connectivity index (χ4n) is 1.23. The standard InChI is InChI=1S/C10H5F6NO/c11-9(12,13)7-1-6(4-17-5-18)2-8(3-7)10(14,15)16/h1-3H,4H2. The molecule has 0 N–H and O–H groups in total. The summed E-state index contributed by atoms with van der Waals surface area (Å²) in [5, 5.41) is 0. The van der Waals surface area contributed by atoms with Gasteiger partial charge in [-0.2, -0.15) is 26.3 Å². The Balaban J connectivity index is 3.33. The highest BCUT2D eigenvalue weighted by molar-refractivity contribution is 5.36. The second-order valence-electron chi connectivity index (χ2n) is 3.32. The van der Waals surface area contributed by atoms with Gasteiger partial charge in [0.25, 0.3) is 0 Å². The summed E-state index contributed by atoms with van der Waals surface area (Å²) < 4.78 is 74.3. The summed E-state index contributed by atoms with van der Waals surface area (Å²) in [5.41, 5.74) is -3.23. The highest BCUT2D eigenvalue weighted by Crippen LogP contribution is 2.36. The molecule has 0 saturated heterocycles. The van der Waals surface area contributed by atoms with Crippen LogP contribution in [0.2, 0.25) is 0 Å². The number of isocyanates is 1. The minimum atomic E-state index is -4.90. The summed E-state index contributed by atoms with van der Waals surface area (Å²) in [7, 11) is 0. The van der Waals surface area contributed by atoms with Crippen LogP contribution in [0.1, 0.15) is 16.7 Å². The molecular weight excluding hydrogens is 264 g/mol. The Morgan fingerprint density at radius 1 is 0.944 bits per heavy atom. The molecule has 0 aliphatic carbocycles. The molecule has 0 amide bonds. The molecule has 98 valence electrons. The lowest BCUT2D eigenvalue weighted by molar-refractivity contribution is -0.143. The predicted molar refractivity (Wildman–Crippen MR) is 48.3 cm³/mol. The molecule has 0 aromatic heterocycles. The van der Waals surface area contributed by atoms with Crippen LogP contribution >= 0.6 is 0 Å². The maximum absolute atomic E-state index is 12.4. The molecule has 0 saturated carbocycles. The third kappa shape index (κ3) is 3.59. The number of nitrogens with zero attached hydrogens (tertiary/aromatic N) is 1. The third-order valence-corrected chi connectivity index (χ3v) is 1.97. The van der Waals surface area contributed by atoms with Crippen molar-refractivity contribution in [3.05, 3.63) is 34.9 Å². The monoisotopic (exact) mass is 269 g/mol. The summed E-state index contributed by atoms with van der Waals surface area (Å²) in [6, 6.07) is 1.03. The summed E-state index contributed by atoms with van der Waals surface area (Å²) in [6.45, 7) is -0.587. The Bertz CT molecular complexity index is 452. The maximum atomic E-state index is 12.4. The number of carbonyl (C=O) groups excluding carboxylic acids is 1. The van der Waals surface area contributed by atoms with E-state index in [0.717, 1.165) is 6.08 Å². The van der Waals surface area contributed by atoms with Gasteiger partial charge in [0, 0.05) is 0 Å². The molecule has 1 aromatic carbocycles. The van der Waals surface area contributed by atoms with Gasteiger partial charge < -0.3 is 0 Å². The van der Waals surface area contributed by atoms with Crippen LogP contribution in [0.15, 0.2) is 23.2 Å². The SMILES string of the molecule is O=C=NCc1cc(C(F)(F)F)cc(C(F)(F)F)c1. The number of hydrogen-bond donors (Lipinski definition) is 0.